The van der Waals surface area contributed by atoms with Crippen LogP contribution in [0, 0.1) is 11.3 Å². The number of rotatable bonds is 3. The molecule has 1 aliphatic rings. The van der Waals surface area contributed by atoms with Crippen LogP contribution in [0.4, 0.5) is 0 Å². The number of nitriles is 1. The van der Waals surface area contributed by atoms with Gasteiger partial charge < -0.3 is 5.32 Å². The van der Waals surface area contributed by atoms with Crippen LogP contribution in [0.15, 0.2) is 47.3 Å². The van der Waals surface area contributed by atoms with Crippen molar-refractivity contribution in [3.05, 3.63) is 58.5 Å². The van der Waals surface area contributed by atoms with Crippen molar-refractivity contribution < 1.29 is 4.79 Å². The summed E-state index contributed by atoms with van der Waals surface area (Å²) < 4.78 is 1.18. The van der Waals surface area contributed by atoms with E-state index < -0.39 is 11.4 Å². The SMILES string of the molecule is N#CC1(NC(=O)c2ccc(=O)n(-c3ccccc3)n2)CCCC1. The van der Waals surface area contributed by atoms with E-state index in [9.17, 15) is 14.9 Å². The molecule has 1 heterocycles. The molecule has 1 N–H and O–H groups in total. The number of nitrogens with one attached hydrogen (secondary N) is 1. The zero-order valence-corrected chi connectivity index (χ0v) is 12.5. The van der Waals surface area contributed by atoms with Gasteiger partial charge in [-0.15, -0.1) is 0 Å². The zero-order valence-electron chi connectivity index (χ0n) is 12.5. The average Bonchev–Trinajstić information content (AvgIpc) is 3.05. The van der Waals surface area contributed by atoms with Gasteiger partial charge in [-0.25, -0.2) is 0 Å². The standard InChI is InChI=1S/C17H16N4O2/c18-12-17(10-4-5-11-17)19-16(23)14-8-9-15(22)21(20-14)13-6-2-1-3-7-13/h1-3,6-9H,4-5,10-11H2,(H,19,23). The summed E-state index contributed by atoms with van der Waals surface area (Å²) in [6.07, 6.45) is 3.14. The first-order valence-electron chi connectivity index (χ1n) is 7.53. The smallest absolute Gasteiger partial charge is 0.272 e. The fourth-order valence-corrected chi connectivity index (χ4v) is 2.81. The molecule has 1 fully saturated rings. The second-order valence-electron chi connectivity index (χ2n) is 5.66. The van der Waals surface area contributed by atoms with Gasteiger partial charge in [-0.3, -0.25) is 9.59 Å². The Morgan fingerprint density at radius 3 is 2.52 bits per heavy atom. The molecule has 0 saturated heterocycles. The number of hydrogen-bond acceptors (Lipinski definition) is 4. The predicted molar refractivity (Wildman–Crippen MR) is 84.1 cm³/mol. The number of amides is 1. The first kappa shape index (κ1) is 15.0. The minimum Gasteiger partial charge on any atom is -0.332 e. The summed E-state index contributed by atoms with van der Waals surface area (Å²) in [5.74, 6) is -0.432. The minimum atomic E-state index is -0.813. The normalized spacial score (nSPS) is 15.8. The summed E-state index contributed by atoms with van der Waals surface area (Å²) in [4.78, 5) is 24.4. The quantitative estimate of drug-likeness (QED) is 0.936. The van der Waals surface area contributed by atoms with E-state index in [1.54, 1.807) is 24.3 Å². The molecule has 1 aliphatic carbocycles. The molecule has 0 radical (unpaired) electrons. The number of nitrogens with zero attached hydrogens (tertiary/aromatic N) is 3. The van der Waals surface area contributed by atoms with Crippen molar-refractivity contribution in [2.45, 2.75) is 31.2 Å². The van der Waals surface area contributed by atoms with Gasteiger partial charge in [-0.1, -0.05) is 18.2 Å². The number of hydrogen-bond donors (Lipinski definition) is 1. The molecule has 1 amide bonds. The fraction of sp³-hybridized carbons (Fsp3) is 0.294. The Hall–Kier alpha value is -2.94. The van der Waals surface area contributed by atoms with E-state index in [2.05, 4.69) is 16.5 Å². The van der Waals surface area contributed by atoms with Gasteiger partial charge in [0.05, 0.1) is 11.8 Å². The largest absolute Gasteiger partial charge is 0.332 e. The van der Waals surface area contributed by atoms with E-state index in [1.165, 1.54) is 16.8 Å². The molecule has 0 atom stereocenters. The predicted octanol–water partition coefficient (Wildman–Crippen LogP) is 1.80. The maximum Gasteiger partial charge on any atom is 0.272 e. The molecule has 1 aromatic carbocycles. The third-order valence-corrected chi connectivity index (χ3v) is 4.06. The van der Waals surface area contributed by atoms with Crippen LogP contribution >= 0.6 is 0 Å². The monoisotopic (exact) mass is 308 g/mol. The van der Waals surface area contributed by atoms with E-state index in [-0.39, 0.29) is 11.3 Å². The van der Waals surface area contributed by atoms with Gasteiger partial charge in [0.15, 0.2) is 0 Å². The van der Waals surface area contributed by atoms with Gasteiger partial charge in [0.2, 0.25) is 0 Å². The Bertz CT molecular complexity index is 814. The third kappa shape index (κ3) is 2.99. The van der Waals surface area contributed by atoms with Crippen LogP contribution in [-0.4, -0.2) is 21.2 Å². The van der Waals surface area contributed by atoms with E-state index in [0.29, 0.717) is 18.5 Å². The third-order valence-electron chi connectivity index (χ3n) is 4.06. The lowest BCUT2D eigenvalue weighted by molar-refractivity contribution is 0.0913. The summed E-state index contributed by atoms with van der Waals surface area (Å²) in [5, 5.41) is 16.3. The van der Waals surface area contributed by atoms with Gasteiger partial charge in [0.1, 0.15) is 11.2 Å². The molecule has 0 aliphatic heterocycles. The zero-order chi connectivity index (χ0) is 16.3. The lowest BCUT2D eigenvalue weighted by Crippen LogP contribution is -2.45. The Balaban J connectivity index is 1.91. The van der Waals surface area contributed by atoms with Crippen molar-refractivity contribution in [1.29, 1.82) is 5.26 Å². The molecule has 3 rings (SSSR count). The molecule has 1 aromatic heterocycles. The highest BCUT2D eigenvalue weighted by Gasteiger charge is 2.36. The lowest BCUT2D eigenvalue weighted by Gasteiger charge is -2.21. The van der Waals surface area contributed by atoms with E-state index in [0.717, 1.165) is 12.8 Å². The first-order valence-corrected chi connectivity index (χ1v) is 7.53. The maximum atomic E-state index is 12.4. The maximum absolute atomic E-state index is 12.4. The summed E-state index contributed by atoms with van der Waals surface area (Å²) >= 11 is 0. The Morgan fingerprint density at radius 2 is 1.87 bits per heavy atom. The molecule has 0 unspecified atom stereocenters. The van der Waals surface area contributed by atoms with Gasteiger partial charge in [0.25, 0.3) is 11.5 Å². The molecule has 6 nitrogen and oxygen atoms in total. The fourth-order valence-electron chi connectivity index (χ4n) is 2.81. The highest BCUT2D eigenvalue weighted by atomic mass is 16.2. The summed E-state index contributed by atoms with van der Waals surface area (Å²) in [5.41, 5.74) is -0.423. The van der Waals surface area contributed by atoms with E-state index in [4.69, 9.17) is 0 Å². The number of carbonyl (C=O) groups excluding carboxylic acids is 1. The molecule has 6 heteroatoms. The number of aromatic nitrogens is 2. The van der Waals surface area contributed by atoms with Crippen molar-refractivity contribution in [1.82, 2.24) is 15.1 Å². The molecular weight excluding hydrogens is 292 g/mol. The minimum absolute atomic E-state index is 0.120. The van der Waals surface area contributed by atoms with Gasteiger partial charge >= 0.3 is 0 Å². The van der Waals surface area contributed by atoms with E-state index in [1.807, 2.05) is 6.07 Å². The van der Waals surface area contributed by atoms with Crippen LogP contribution in [0.25, 0.3) is 5.69 Å². The molecular formula is C17H16N4O2. The van der Waals surface area contributed by atoms with Crippen LogP contribution in [0.2, 0.25) is 0 Å². The van der Waals surface area contributed by atoms with Crippen LogP contribution in [-0.2, 0) is 0 Å². The van der Waals surface area contributed by atoms with Crippen molar-refractivity contribution in [3.63, 3.8) is 0 Å². The molecule has 116 valence electrons. The Morgan fingerprint density at radius 1 is 1.17 bits per heavy atom. The average molecular weight is 308 g/mol. The molecule has 2 aromatic rings. The summed E-state index contributed by atoms with van der Waals surface area (Å²) in [6, 6.07) is 13.8. The van der Waals surface area contributed by atoms with Gasteiger partial charge in [-0.05, 0) is 43.9 Å². The van der Waals surface area contributed by atoms with E-state index >= 15 is 0 Å². The second kappa shape index (κ2) is 6.05. The first-order chi connectivity index (χ1) is 11.1. The molecule has 1 saturated carbocycles. The second-order valence-corrected chi connectivity index (χ2v) is 5.66. The molecule has 0 spiro atoms. The van der Waals surface area contributed by atoms with Gasteiger partial charge in [-0.2, -0.15) is 15.0 Å². The molecule has 0 bridgehead atoms. The van der Waals surface area contributed by atoms with Crippen molar-refractivity contribution >= 4 is 5.91 Å². The van der Waals surface area contributed by atoms with Crippen molar-refractivity contribution in [2.75, 3.05) is 0 Å². The highest BCUT2D eigenvalue weighted by Crippen LogP contribution is 2.29. The Kier molecular flexibility index (Phi) is 3.94. The lowest BCUT2D eigenvalue weighted by atomic mass is 10.00. The summed E-state index contributed by atoms with van der Waals surface area (Å²) in [7, 11) is 0. The van der Waals surface area contributed by atoms with Crippen LogP contribution in [0.5, 0.6) is 0 Å². The van der Waals surface area contributed by atoms with Crippen molar-refractivity contribution in [2.24, 2.45) is 0 Å². The van der Waals surface area contributed by atoms with Crippen LogP contribution in [0.1, 0.15) is 36.2 Å². The Labute approximate surface area is 133 Å². The number of carbonyl (C=O) groups is 1. The van der Waals surface area contributed by atoms with Crippen molar-refractivity contribution in [3.8, 4) is 11.8 Å². The van der Waals surface area contributed by atoms with Crippen LogP contribution in [0.3, 0.4) is 0 Å². The summed E-state index contributed by atoms with van der Waals surface area (Å²) in [6.45, 7) is 0. The number of benzene rings is 1. The molecule has 23 heavy (non-hydrogen) atoms. The topological polar surface area (TPSA) is 87.8 Å². The van der Waals surface area contributed by atoms with Crippen LogP contribution < -0.4 is 10.9 Å². The van der Waals surface area contributed by atoms with Gasteiger partial charge in [0, 0.05) is 6.07 Å². The highest BCUT2D eigenvalue weighted by molar-refractivity contribution is 5.92. The number of para-hydroxylation sites is 1.